The molecule has 3 aromatic carbocycles. The summed E-state index contributed by atoms with van der Waals surface area (Å²) >= 11 is 0. The normalized spacial score (nSPS) is 15.0. The van der Waals surface area contributed by atoms with Crippen LogP contribution in [0, 0.1) is 12.8 Å². The van der Waals surface area contributed by atoms with Gasteiger partial charge in [-0.05, 0) is 65.6 Å². The van der Waals surface area contributed by atoms with Crippen molar-refractivity contribution in [3.05, 3.63) is 89.0 Å². The van der Waals surface area contributed by atoms with Gasteiger partial charge in [-0.2, -0.15) is 0 Å². The maximum Gasteiger partial charge on any atom is 0.411 e. The number of ether oxygens (including phenoxy) is 1. The number of carbonyl (C=O) groups is 3. The summed E-state index contributed by atoms with van der Waals surface area (Å²) in [6.07, 6.45) is 0.966. The number of nitrogens with one attached hydrogen (secondary N) is 2. The Bertz CT molecular complexity index is 1270. The Labute approximate surface area is 203 Å². The van der Waals surface area contributed by atoms with Gasteiger partial charge in [-0.1, -0.05) is 54.6 Å². The van der Waals surface area contributed by atoms with Crippen LogP contribution >= 0.6 is 0 Å². The quantitative estimate of drug-likeness (QED) is 0.453. The first-order valence-electron chi connectivity index (χ1n) is 11.7. The zero-order valence-electron chi connectivity index (χ0n) is 19.3. The third-order valence-electron chi connectivity index (χ3n) is 6.80. The molecule has 35 heavy (non-hydrogen) atoms. The van der Waals surface area contributed by atoms with E-state index in [0.29, 0.717) is 16.8 Å². The van der Waals surface area contributed by atoms with Gasteiger partial charge in [0.15, 0.2) is 0 Å². The Balaban J connectivity index is 1.26. The largest absolute Gasteiger partial charge is 0.480 e. The Morgan fingerprint density at radius 1 is 0.943 bits per heavy atom. The van der Waals surface area contributed by atoms with E-state index in [1.807, 2.05) is 24.3 Å². The first-order chi connectivity index (χ1) is 16.9. The Morgan fingerprint density at radius 3 is 2.17 bits per heavy atom. The first-order valence-corrected chi connectivity index (χ1v) is 11.7. The van der Waals surface area contributed by atoms with Gasteiger partial charge in [-0.25, -0.2) is 9.59 Å². The number of hydrogen-bond donors (Lipinski definition) is 3. The summed E-state index contributed by atoms with van der Waals surface area (Å²) in [6.45, 7) is 1.89. The van der Waals surface area contributed by atoms with Gasteiger partial charge < -0.3 is 15.2 Å². The van der Waals surface area contributed by atoms with E-state index >= 15 is 0 Å². The molecule has 2 aliphatic rings. The molecule has 0 saturated heterocycles. The molecule has 1 saturated carbocycles. The van der Waals surface area contributed by atoms with Crippen molar-refractivity contribution < 1.29 is 24.2 Å². The number of hydrogen-bond acceptors (Lipinski definition) is 4. The fraction of sp³-hybridized carbons (Fsp3) is 0.250. The molecule has 0 spiro atoms. The first kappa shape index (κ1) is 22.7. The zero-order chi connectivity index (χ0) is 24.5. The summed E-state index contributed by atoms with van der Waals surface area (Å²) in [7, 11) is 0. The minimum absolute atomic E-state index is 0.0288. The number of carboxylic acid groups (broad SMARTS) is 1. The summed E-state index contributed by atoms with van der Waals surface area (Å²) in [5.74, 6) is -1.59. The maximum absolute atomic E-state index is 12.8. The zero-order valence-corrected chi connectivity index (χ0v) is 19.3. The highest BCUT2D eigenvalue weighted by atomic mass is 16.5. The van der Waals surface area contributed by atoms with Gasteiger partial charge in [0.1, 0.15) is 12.6 Å². The van der Waals surface area contributed by atoms with Crippen molar-refractivity contribution in [3.8, 4) is 11.1 Å². The second kappa shape index (κ2) is 9.25. The molecule has 2 amide bonds. The molecule has 7 heteroatoms. The van der Waals surface area contributed by atoms with Crippen LogP contribution < -0.4 is 10.6 Å². The molecule has 0 aromatic heterocycles. The van der Waals surface area contributed by atoms with Gasteiger partial charge in [-0.15, -0.1) is 0 Å². The highest BCUT2D eigenvalue weighted by Crippen LogP contribution is 2.44. The topological polar surface area (TPSA) is 105 Å². The lowest BCUT2D eigenvalue weighted by atomic mass is 9.98. The minimum Gasteiger partial charge on any atom is -0.480 e. The summed E-state index contributed by atoms with van der Waals surface area (Å²) in [5.41, 5.74) is 5.84. The van der Waals surface area contributed by atoms with Gasteiger partial charge in [0, 0.05) is 17.2 Å². The molecular formula is C28H26N2O5. The minimum atomic E-state index is -1.04. The molecule has 3 aromatic rings. The summed E-state index contributed by atoms with van der Waals surface area (Å²) in [6, 6.07) is 20.3. The Morgan fingerprint density at radius 2 is 1.57 bits per heavy atom. The number of aliphatic carboxylic acids is 1. The number of carbonyl (C=O) groups excluding carboxylic acids is 2. The lowest BCUT2D eigenvalue weighted by molar-refractivity contribution is -0.139. The summed E-state index contributed by atoms with van der Waals surface area (Å²) < 4.78 is 5.61. The third-order valence-corrected chi connectivity index (χ3v) is 6.80. The van der Waals surface area contributed by atoms with Crippen LogP contribution in [0.15, 0.2) is 66.7 Å². The van der Waals surface area contributed by atoms with Crippen LogP contribution in [0.25, 0.3) is 11.1 Å². The molecule has 0 bridgehead atoms. The molecule has 0 radical (unpaired) electrons. The van der Waals surface area contributed by atoms with Crippen LogP contribution in [-0.4, -0.2) is 35.7 Å². The summed E-state index contributed by atoms with van der Waals surface area (Å²) in [5, 5.41) is 14.8. The van der Waals surface area contributed by atoms with E-state index in [1.54, 1.807) is 25.1 Å². The monoisotopic (exact) mass is 470 g/mol. The van der Waals surface area contributed by atoms with Gasteiger partial charge in [-0.3, -0.25) is 10.1 Å². The number of benzene rings is 3. The molecule has 0 heterocycles. The second-order valence-electron chi connectivity index (χ2n) is 9.06. The molecule has 5 rings (SSSR count). The predicted molar refractivity (Wildman–Crippen MR) is 131 cm³/mol. The number of fused-ring (bicyclic) bond motifs is 3. The molecule has 178 valence electrons. The molecule has 1 unspecified atom stereocenters. The van der Waals surface area contributed by atoms with Crippen molar-refractivity contribution >= 4 is 23.7 Å². The lowest BCUT2D eigenvalue weighted by Crippen LogP contribution is -2.42. The average molecular weight is 471 g/mol. The van der Waals surface area contributed by atoms with E-state index in [2.05, 4.69) is 34.9 Å². The third kappa shape index (κ3) is 4.49. The van der Waals surface area contributed by atoms with Crippen molar-refractivity contribution in [2.75, 3.05) is 11.9 Å². The van der Waals surface area contributed by atoms with Crippen LogP contribution in [-0.2, 0) is 9.53 Å². The van der Waals surface area contributed by atoms with E-state index in [1.165, 1.54) is 0 Å². The van der Waals surface area contributed by atoms with Crippen molar-refractivity contribution in [1.82, 2.24) is 5.32 Å². The molecule has 1 fully saturated rings. The van der Waals surface area contributed by atoms with Crippen LogP contribution in [0.4, 0.5) is 10.5 Å². The summed E-state index contributed by atoms with van der Waals surface area (Å²) in [4.78, 5) is 36.9. The number of amides is 2. The van der Waals surface area contributed by atoms with Crippen LogP contribution in [0.2, 0.25) is 0 Å². The van der Waals surface area contributed by atoms with E-state index in [4.69, 9.17) is 4.74 Å². The predicted octanol–water partition coefficient (Wildman–Crippen LogP) is 4.95. The highest BCUT2D eigenvalue weighted by molar-refractivity contribution is 6.00. The van der Waals surface area contributed by atoms with Gasteiger partial charge >= 0.3 is 12.1 Å². The van der Waals surface area contributed by atoms with Gasteiger partial charge in [0.05, 0.1) is 0 Å². The molecule has 0 aliphatic heterocycles. The molecule has 1 atom stereocenters. The van der Waals surface area contributed by atoms with E-state index < -0.39 is 24.0 Å². The average Bonchev–Trinajstić information content (AvgIpc) is 3.64. The second-order valence-corrected chi connectivity index (χ2v) is 9.06. The number of anilines is 1. The fourth-order valence-electron chi connectivity index (χ4n) is 4.79. The van der Waals surface area contributed by atoms with Gasteiger partial charge in [0.25, 0.3) is 5.91 Å². The fourth-order valence-corrected chi connectivity index (χ4v) is 4.79. The van der Waals surface area contributed by atoms with Crippen molar-refractivity contribution in [1.29, 1.82) is 0 Å². The van der Waals surface area contributed by atoms with Crippen LogP contribution in [0.5, 0.6) is 0 Å². The van der Waals surface area contributed by atoms with Crippen molar-refractivity contribution in [3.63, 3.8) is 0 Å². The highest BCUT2D eigenvalue weighted by Gasteiger charge is 2.37. The molecule has 2 aliphatic carbocycles. The number of carboxylic acids is 1. The van der Waals surface area contributed by atoms with Gasteiger partial charge in [0.2, 0.25) is 0 Å². The van der Waals surface area contributed by atoms with Crippen molar-refractivity contribution in [2.24, 2.45) is 5.92 Å². The Hall–Kier alpha value is -4.13. The standard InChI is InChI=1S/C28H26N2O5/c1-16-18(26(31)30-25(27(32)33)17-13-14-17)11-6-12-24(16)29-28(34)35-15-23-21-9-4-2-7-19(21)20-8-3-5-10-22(20)23/h2-12,17,23,25H,13-15H2,1H3,(H,29,34)(H,30,31)(H,32,33). The van der Waals surface area contributed by atoms with Crippen molar-refractivity contribution in [2.45, 2.75) is 31.7 Å². The smallest absolute Gasteiger partial charge is 0.411 e. The number of rotatable bonds is 7. The molecule has 3 N–H and O–H groups in total. The Kier molecular flexibility index (Phi) is 5.99. The molecule has 7 nitrogen and oxygen atoms in total. The van der Waals surface area contributed by atoms with Crippen LogP contribution in [0.1, 0.15) is 45.8 Å². The van der Waals surface area contributed by atoms with E-state index in [-0.39, 0.29) is 18.4 Å². The van der Waals surface area contributed by atoms with E-state index in [0.717, 1.165) is 35.1 Å². The van der Waals surface area contributed by atoms with E-state index in [9.17, 15) is 19.5 Å². The SMILES string of the molecule is Cc1c(NC(=O)OCC2c3ccccc3-c3ccccc32)cccc1C(=O)NC(C(=O)O)C1CC1. The maximum atomic E-state index is 12.8. The molecular weight excluding hydrogens is 444 g/mol. The van der Waals surface area contributed by atoms with Crippen LogP contribution in [0.3, 0.4) is 0 Å². The lowest BCUT2D eigenvalue weighted by Gasteiger charge is -2.17.